The summed E-state index contributed by atoms with van der Waals surface area (Å²) >= 11 is 5.90. The Bertz CT molecular complexity index is 745. The predicted octanol–water partition coefficient (Wildman–Crippen LogP) is 3.92. The first-order chi connectivity index (χ1) is 10.9. The molecular formula is C17H20ClNO3S. The van der Waals surface area contributed by atoms with Gasteiger partial charge in [0.1, 0.15) is 5.75 Å². The highest BCUT2D eigenvalue weighted by Crippen LogP contribution is 2.22. The number of hydrogen-bond acceptors (Lipinski definition) is 3. The SMILES string of the molecule is CC[C@@H](NS(=O)(=O)Cc1cccc(Cl)c1)c1ccc(OC)cc1. The van der Waals surface area contributed by atoms with Gasteiger partial charge in [0, 0.05) is 11.1 Å². The molecule has 2 rings (SSSR count). The lowest BCUT2D eigenvalue weighted by molar-refractivity contribution is 0.414. The van der Waals surface area contributed by atoms with E-state index in [1.165, 1.54) is 0 Å². The Kier molecular flexibility index (Phi) is 6.04. The maximum absolute atomic E-state index is 12.4. The van der Waals surface area contributed by atoms with Crippen molar-refractivity contribution in [3.63, 3.8) is 0 Å². The summed E-state index contributed by atoms with van der Waals surface area (Å²) < 4.78 is 32.7. The molecule has 0 fully saturated rings. The van der Waals surface area contributed by atoms with Crippen molar-refractivity contribution < 1.29 is 13.2 Å². The highest BCUT2D eigenvalue weighted by atomic mass is 35.5. The van der Waals surface area contributed by atoms with Gasteiger partial charge in [0.05, 0.1) is 12.9 Å². The topological polar surface area (TPSA) is 55.4 Å². The van der Waals surface area contributed by atoms with E-state index in [9.17, 15) is 8.42 Å². The average molecular weight is 354 g/mol. The highest BCUT2D eigenvalue weighted by molar-refractivity contribution is 7.88. The average Bonchev–Trinajstić information content (AvgIpc) is 2.52. The van der Waals surface area contributed by atoms with E-state index in [2.05, 4.69) is 4.72 Å². The predicted molar refractivity (Wildman–Crippen MR) is 93.2 cm³/mol. The van der Waals surface area contributed by atoms with Crippen molar-refractivity contribution in [1.82, 2.24) is 4.72 Å². The number of benzene rings is 2. The fraction of sp³-hybridized carbons (Fsp3) is 0.294. The Morgan fingerprint density at radius 3 is 2.43 bits per heavy atom. The molecule has 0 unspecified atom stereocenters. The van der Waals surface area contributed by atoms with Crippen LogP contribution in [0.2, 0.25) is 5.02 Å². The van der Waals surface area contributed by atoms with Crippen molar-refractivity contribution in [3.05, 3.63) is 64.7 Å². The van der Waals surface area contributed by atoms with Gasteiger partial charge in [-0.25, -0.2) is 13.1 Å². The molecule has 23 heavy (non-hydrogen) atoms. The number of hydrogen-bond donors (Lipinski definition) is 1. The van der Waals surface area contributed by atoms with Gasteiger partial charge < -0.3 is 4.74 Å². The van der Waals surface area contributed by atoms with Crippen LogP contribution in [0.1, 0.15) is 30.5 Å². The maximum Gasteiger partial charge on any atom is 0.216 e. The van der Waals surface area contributed by atoms with E-state index in [0.717, 1.165) is 11.3 Å². The zero-order valence-corrected chi connectivity index (χ0v) is 14.7. The van der Waals surface area contributed by atoms with Crippen LogP contribution >= 0.6 is 11.6 Å². The molecule has 0 saturated heterocycles. The maximum atomic E-state index is 12.4. The summed E-state index contributed by atoms with van der Waals surface area (Å²) in [6.45, 7) is 1.94. The Hall–Kier alpha value is -1.56. The molecular weight excluding hydrogens is 334 g/mol. The molecule has 0 amide bonds. The lowest BCUT2D eigenvalue weighted by atomic mass is 10.1. The van der Waals surface area contributed by atoms with Gasteiger partial charge in [0.25, 0.3) is 0 Å². The Morgan fingerprint density at radius 1 is 1.17 bits per heavy atom. The fourth-order valence-corrected chi connectivity index (χ4v) is 3.98. The number of ether oxygens (including phenoxy) is 1. The van der Waals surface area contributed by atoms with Gasteiger partial charge in [0.2, 0.25) is 10.0 Å². The number of methoxy groups -OCH3 is 1. The molecule has 0 spiro atoms. The van der Waals surface area contributed by atoms with Crippen LogP contribution in [0, 0.1) is 0 Å². The molecule has 0 heterocycles. The third kappa shape index (κ3) is 5.23. The lowest BCUT2D eigenvalue weighted by Gasteiger charge is -2.18. The minimum Gasteiger partial charge on any atom is -0.497 e. The minimum absolute atomic E-state index is 0.0970. The second-order valence-corrected chi connectivity index (χ2v) is 7.43. The van der Waals surface area contributed by atoms with Crippen molar-refractivity contribution in [2.75, 3.05) is 7.11 Å². The molecule has 6 heteroatoms. The first kappa shape index (κ1) is 17.8. The van der Waals surface area contributed by atoms with Gasteiger partial charge in [-0.1, -0.05) is 42.8 Å². The fourth-order valence-electron chi connectivity index (χ4n) is 2.33. The molecule has 0 aliphatic rings. The van der Waals surface area contributed by atoms with Gasteiger partial charge in [-0.3, -0.25) is 0 Å². The summed E-state index contributed by atoms with van der Waals surface area (Å²) in [6.07, 6.45) is 0.654. The Balaban J connectivity index is 2.12. The van der Waals surface area contributed by atoms with Gasteiger partial charge in [-0.05, 0) is 41.8 Å². The van der Waals surface area contributed by atoms with E-state index in [-0.39, 0.29) is 11.8 Å². The molecule has 2 aromatic rings. The van der Waals surface area contributed by atoms with E-state index in [1.54, 1.807) is 31.4 Å². The van der Waals surface area contributed by atoms with Crippen molar-refractivity contribution in [3.8, 4) is 5.75 Å². The molecule has 1 atom stereocenters. The van der Waals surface area contributed by atoms with Crippen LogP contribution in [0.15, 0.2) is 48.5 Å². The molecule has 124 valence electrons. The number of rotatable bonds is 7. The van der Waals surface area contributed by atoms with Crippen molar-refractivity contribution >= 4 is 21.6 Å². The molecule has 1 N–H and O–H groups in total. The first-order valence-corrected chi connectivity index (χ1v) is 9.35. The van der Waals surface area contributed by atoms with Crippen LogP contribution in [-0.4, -0.2) is 15.5 Å². The molecule has 0 radical (unpaired) electrons. The van der Waals surface area contributed by atoms with Gasteiger partial charge in [0.15, 0.2) is 0 Å². The molecule has 0 aromatic heterocycles. The quantitative estimate of drug-likeness (QED) is 0.820. The Morgan fingerprint density at radius 2 is 1.87 bits per heavy atom. The smallest absolute Gasteiger partial charge is 0.216 e. The zero-order chi connectivity index (χ0) is 16.9. The number of sulfonamides is 1. The zero-order valence-electron chi connectivity index (χ0n) is 13.1. The molecule has 4 nitrogen and oxygen atoms in total. The van der Waals surface area contributed by atoms with Crippen LogP contribution < -0.4 is 9.46 Å². The largest absolute Gasteiger partial charge is 0.497 e. The van der Waals surface area contributed by atoms with Crippen LogP contribution in [0.4, 0.5) is 0 Å². The summed E-state index contributed by atoms with van der Waals surface area (Å²) in [6, 6.07) is 14.0. The number of halogens is 1. The summed E-state index contributed by atoms with van der Waals surface area (Å²) in [5.41, 5.74) is 1.57. The summed E-state index contributed by atoms with van der Waals surface area (Å²) in [7, 11) is -1.87. The van der Waals surface area contributed by atoms with Crippen LogP contribution in [0.5, 0.6) is 5.75 Å². The normalized spacial score (nSPS) is 12.8. The monoisotopic (exact) mass is 353 g/mol. The van der Waals surface area contributed by atoms with Crippen LogP contribution in [-0.2, 0) is 15.8 Å². The van der Waals surface area contributed by atoms with E-state index < -0.39 is 10.0 Å². The minimum atomic E-state index is -3.47. The van der Waals surface area contributed by atoms with Gasteiger partial charge >= 0.3 is 0 Å². The van der Waals surface area contributed by atoms with Crippen molar-refractivity contribution in [2.24, 2.45) is 0 Å². The van der Waals surface area contributed by atoms with E-state index in [1.807, 2.05) is 31.2 Å². The molecule has 0 bridgehead atoms. The summed E-state index contributed by atoms with van der Waals surface area (Å²) in [4.78, 5) is 0. The standard InChI is InChI=1S/C17H20ClNO3S/c1-3-17(14-7-9-16(22-2)10-8-14)19-23(20,21)12-13-5-4-6-15(18)11-13/h4-11,17,19H,3,12H2,1-2H3/t17-/m1/s1. The summed E-state index contributed by atoms with van der Waals surface area (Å²) in [5.74, 6) is 0.644. The van der Waals surface area contributed by atoms with Crippen molar-refractivity contribution in [1.29, 1.82) is 0 Å². The van der Waals surface area contributed by atoms with Crippen LogP contribution in [0.3, 0.4) is 0 Å². The van der Waals surface area contributed by atoms with Crippen LogP contribution in [0.25, 0.3) is 0 Å². The molecule has 0 aliphatic carbocycles. The third-order valence-electron chi connectivity index (χ3n) is 3.49. The van der Waals surface area contributed by atoms with E-state index in [0.29, 0.717) is 17.0 Å². The second kappa shape index (κ2) is 7.81. The Labute approximate surface area is 142 Å². The summed E-state index contributed by atoms with van der Waals surface area (Å²) in [5, 5.41) is 0.528. The molecule has 2 aromatic carbocycles. The van der Waals surface area contributed by atoms with Crippen molar-refractivity contribution in [2.45, 2.75) is 25.1 Å². The molecule has 0 aliphatic heterocycles. The first-order valence-electron chi connectivity index (χ1n) is 7.32. The number of nitrogens with one attached hydrogen (secondary N) is 1. The van der Waals surface area contributed by atoms with Gasteiger partial charge in [-0.2, -0.15) is 0 Å². The third-order valence-corrected chi connectivity index (χ3v) is 5.09. The second-order valence-electron chi connectivity index (χ2n) is 5.24. The van der Waals surface area contributed by atoms with E-state index >= 15 is 0 Å². The lowest BCUT2D eigenvalue weighted by Crippen LogP contribution is -2.29. The van der Waals surface area contributed by atoms with Gasteiger partial charge in [-0.15, -0.1) is 0 Å². The van der Waals surface area contributed by atoms with E-state index in [4.69, 9.17) is 16.3 Å². The molecule has 0 saturated carbocycles. The highest BCUT2D eigenvalue weighted by Gasteiger charge is 2.19.